The number of hydrogen-bond donors (Lipinski definition) is 1. The Morgan fingerprint density at radius 1 is 1.32 bits per heavy atom. The van der Waals surface area contributed by atoms with Gasteiger partial charge in [0.25, 0.3) is 0 Å². The van der Waals surface area contributed by atoms with Crippen molar-refractivity contribution in [3.8, 4) is 0 Å². The second-order valence-corrected chi connectivity index (χ2v) is 8.29. The molecule has 1 aromatic heterocycles. The Labute approximate surface area is 147 Å². The summed E-state index contributed by atoms with van der Waals surface area (Å²) in [7, 11) is 0. The van der Waals surface area contributed by atoms with Crippen LogP contribution in [0.1, 0.15) is 37.0 Å². The maximum absolute atomic E-state index is 12.0. The molecule has 7 heteroatoms. The van der Waals surface area contributed by atoms with Crippen LogP contribution in [0.5, 0.6) is 0 Å². The van der Waals surface area contributed by atoms with Gasteiger partial charge in [-0.1, -0.05) is 51.2 Å². The highest BCUT2D eigenvalue weighted by atomic mass is 79.9. The summed E-state index contributed by atoms with van der Waals surface area (Å²) in [5, 5.41) is 12.3. The predicted octanol–water partition coefficient (Wildman–Crippen LogP) is 4.88. The number of ketones is 1. The lowest BCUT2D eigenvalue weighted by atomic mass is 10.1. The highest BCUT2D eigenvalue weighted by molar-refractivity contribution is 9.10. The number of thioether (sulfide) groups is 1. The number of carbonyl (C=O) groups excluding carboxylic acids is 1. The largest absolute Gasteiger partial charge is 0.358 e. The van der Waals surface area contributed by atoms with Gasteiger partial charge < -0.3 is 5.32 Å². The van der Waals surface area contributed by atoms with Crippen molar-refractivity contribution < 1.29 is 4.79 Å². The van der Waals surface area contributed by atoms with E-state index in [1.165, 1.54) is 0 Å². The maximum atomic E-state index is 12.0. The summed E-state index contributed by atoms with van der Waals surface area (Å²) in [5.41, 5.74) is 0.771. The number of benzene rings is 1. The van der Waals surface area contributed by atoms with Crippen LogP contribution >= 0.6 is 39.0 Å². The van der Waals surface area contributed by atoms with Crippen molar-refractivity contribution in [2.24, 2.45) is 0 Å². The van der Waals surface area contributed by atoms with Gasteiger partial charge in [-0.2, -0.15) is 0 Å². The third-order valence-electron chi connectivity index (χ3n) is 2.76. The zero-order valence-electron chi connectivity index (χ0n) is 12.5. The molecule has 118 valence electrons. The van der Waals surface area contributed by atoms with Crippen molar-refractivity contribution in [1.82, 2.24) is 10.2 Å². The van der Waals surface area contributed by atoms with E-state index in [9.17, 15) is 4.79 Å². The van der Waals surface area contributed by atoms with Crippen LogP contribution in [0.2, 0.25) is 0 Å². The molecule has 0 saturated heterocycles. The van der Waals surface area contributed by atoms with E-state index in [0.29, 0.717) is 12.5 Å². The van der Waals surface area contributed by atoms with Crippen molar-refractivity contribution >= 4 is 49.9 Å². The van der Waals surface area contributed by atoms with E-state index < -0.39 is 0 Å². The van der Waals surface area contributed by atoms with Crippen molar-refractivity contribution in [2.75, 3.05) is 11.1 Å². The summed E-state index contributed by atoms with van der Waals surface area (Å²) >= 11 is 6.58. The summed E-state index contributed by atoms with van der Waals surface area (Å²) in [6.07, 6.45) is 1.40. The van der Waals surface area contributed by atoms with Crippen LogP contribution in [0, 0.1) is 0 Å². The van der Waals surface area contributed by atoms with E-state index in [4.69, 9.17) is 0 Å². The van der Waals surface area contributed by atoms with E-state index in [2.05, 4.69) is 45.3 Å². The Hall–Kier alpha value is -0.920. The smallest absolute Gasteiger partial charge is 0.206 e. The van der Waals surface area contributed by atoms with E-state index in [1.807, 2.05) is 24.3 Å². The first-order chi connectivity index (χ1) is 10.5. The lowest BCUT2D eigenvalue weighted by molar-refractivity contribution is 0.0982. The van der Waals surface area contributed by atoms with Crippen LogP contribution in [0.4, 0.5) is 5.13 Å². The van der Waals surface area contributed by atoms with Crippen LogP contribution < -0.4 is 5.32 Å². The minimum Gasteiger partial charge on any atom is -0.358 e. The summed E-state index contributed by atoms with van der Waals surface area (Å²) in [6.45, 7) is 4.14. The molecule has 1 N–H and O–H groups in total. The summed E-state index contributed by atoms with van der Waals surface area (Å²) in [6, 6.07) is 7.86. The molecule has 0 aliphatic carbocycles. The highest BCUT2D eigenvalue weighted by Crippen LogP contribution is 2.26. The third kappa shape index (κ3) is 5.70. The molecular formula is C15H18BrN3OS2. The Bertz CT molecular complexity index is 614. The van der Waals surface area contributed by atoms with Crippen LogP contribution in [0.15, 0.2) is 33.1 Å². The zero-order valence-corrected chi connectivity index (χ0v) is 15.7. The number of Topliss-reactive ketones (excluding diaryl/α,β-unsaturated/α-hetero) is 1. The molecule has 0 aliphatic heterocycles. The Morgan fingerprint density at radius 2 is 2.05 bits per heavy atom. The molecule has 2 aromatic rings. The second kappa shape index (κ2) is 8.64. The fourth-order valence-corrected chi connectivity index (χ4v) is 3.92. The molecule has 0 aliphatic rings. The Balaban J connectivity index is 1.71. The lowest BCUT2D eigenvalue weighted by Crippen LogP contribution is -2.08. The quantitative estimate of drug-likeness (QED) is 0.389. The number of rotatable bonds is 8. The fraction of sp³-hybridized carbons (Fsp3) is 0.400. The van der Waals surface area contributed by atoms with Gasteiger partial charge in [-0.15, -0.1) is 10.2 Å². The fourth-order valence-electron chi connectivity index (χ4n) is 1.75. The predicted molar refractivity (Wildman–Crippen MR) is 97.1 cm³/mol. The van der Waals surface area contributed by atoms with Crippen LogP contribution in [0.3, 0.4) is 0 Å². The number of hydrogen-bond acceptors (Lipinski definition) is 6. The van der Waals surface area contributed by atoms with Gasteiger partial charge in [0.15, 0.2) is 10.1 Å². The standard InChI is InChI=1S/C15H18BrN3OS2/c1-10(2)17-14-18-19-15(22-14)21-9-3-4-13(20)11-5-7-12(16)8-6-11/h5-8,10H,3-4,9H2,1-2H3,(H,17,18). The molecule has 0 spiro atoms. The summed E-state index contributed by atoms with van der Waals surface area (Å²) in [4.78, 5) is 12.0. The molecule has 2 rings (SSSR count). The molecule has 0 saturated carbocycles. The molecule has 0 atom stereocenters. The number of aromatic nitrogens is 2. The summed E-state index contributed by atoms with van der Waals surface area (Å²) < 4.78 is 1.93. The van der Waals surface area contributed by atoms with Gasteiger partial charge in [0.1, 0.15) is 0 Å². The van der Waals surface area contributed by atoms with Crippen LogP contribution in [-0.2, 0) is 0 Å². The Morgan fingerprint density at radius 3 is 2.73 bits per heavy atom. The van der Waals surface area contributed by atoms with Gasteiger partial charge in [-0.05, 0) is 32.4 Å². The molecule has 0 bridgehead atoms. The minimum atomic E-state index is 0.188. The number of nitrogens with one attached hydrogen (secondary N) is 1. The third-order valence-corrected chi connectivity index (χ3v) is 5.36. The van der Waals surface area contributed by atoms with E-state index >= 15 is 0 Å². The van der Waals surface area contributed by atoms with Gasteiger partial charge in [0.2, 0.25) is 5.13 Å². The maximum Gasteiger partial charge on any atom is 0.206 e. The zero-order chi connectivity index (χ0) is 15.9. The van der Waals surface area contributed by atoms with E-state index in [-0.39, 0.29) is 5.78 Å². The molecule has 1 heterocycles. The lowest BCUT2D eigenvalue weighted by Gasteiger charge is -2.03. The molecular weight excluding hydrogens is 382 g/mol. The van der Waals surface area contributed by atoms with Gasteiger partial charge in [-0.25, -0.2) is 0 Å². The van der Waals surface area contributed by atoms with Crippen molar-refractivity contribution in [3.63, 3.8) is 0 Å². The first kappa shape index (κ1) is 17.4. The molecule has 0 fully saturated rings. The SMILES string of the molecule is CC(C)Nc1nnc(SCCCC(=O)c2ccc(Br)cc2)s1. The second-order valence-electron chi connectivity index (χ2n) is 5.05. The molecule has 0 radical (unpaired) electrons. The van der Waals surface area contributed by atoms with Crippen LogP contribution in [-0.4, -0.2) is 27.8 Å². The van der Waals surface area contributed by atoms with Gasteiger partial charge in [0.05, 0.1) is 0 Å². The average molecular weight is 400 g/mol. The molecule has 22 heavy (non-hydrogen) atoms. The van der Waals surface area contributed by atoms with Gasteiger partial charge in [-0.3, -0.25) is 4.79 Å². The van der Waals surface area contributed by atoms with Crippen molar-refractivity contribution in [1.29, 1.82) is 0 Å². The number of halogens is 1. The minimum absolute atomic E-state index is 0.188. The number of anilines is 1. The van der Waals surface area contributed by atoms with Gasteiger partial charge >= 0.3 is 0 Å². The summed E-state index contributed by atoms with van der Waals surface area (Å²) in [5.74, 6) is 1.06. The average Bonchev–Trinajstić information content (AvgIpc) is 2.91. The first-order valence-electron chi connectivity index (χ1n) is 7.06. The number of nitrogens with zero attached hydrogens (tertiary/aromatic N) is 2. The molecule has 0 unspecified atom stereocenters. The van der Waals surface area contributed by atoms with Crippen LogP contribution in [0.25, 0.3) is 0 Å². The molecule has 4 nitrogen and oxygen atoms in total. The number of carbonyl (C=O) groups is 1. The van der Waals surface area contributed by atoms with Crippen molar-refractivity contribution in [3.05, 3.63) is 34.3 Å². The Kier molecular flexibility index (Phi) is 6.85. The highest BCUT2D eigenvalue weighted by Gasteiger charge is 2.08. The van der Waals surface area contributed by atoms with Crippen molar-refractivity contribution in [2.45, 2.75) is 37.1 Å². The molecule has 0 amide bonds. The van der Waals surface area contributed by atoms with Gasteiger partial charge in [0, 0.05) is 28.3 Å². The van der Waals surface area contributed by atoms with E-state index in [0.717, 1.165) is 31.7 Å². The monoisotopic (exact) mass is 399 g/mol. The topological polar surface area (TPSA) is 54.9 Å². The normalized spacial score (nSPS) is 10.9. The van der Waals surface area contributed by atoms with E-state index in [1.54, 1.807) is 23.1 Å². The molecule has 1 aromatic carbocycles. The first-order valence-corrected chi connectivity index (χ1v) is 9.65.